The first kappa shape index (κ1) is 28.2. The van der Waals surface area contributed by atoms with Crippen LogP contribution in [0.2, 0.25) is 0 Å². The number of hydrogen-bond donors (Lipinski definition) is 3. The van der Waals surface area contributed by atoms with E-state index in [-0.39, 0.29) is 30.5 Å². The summed E-state index contributed by atoms with van der Waals surface area (Å²) >= 11 is 0. The van der Waals surface area contributed by atoms with Crippen molar-refractivity contribution in [2.24, 2.45) is 5.73 Å². The maximum absolute atomic E-state index is 13.1. The van der Waals surface area contributed by atoms with Crippen LogP contribution in [-0.4, -0.2) is 61.1 Å². The van der Waals surface area contributed by atoms with Crippen LogP contribution in [0.15, 0.2) is 78.9 Å². The van der Waals surface area contributed by atoms with Gasteiger partial charge >= 0.3 is 6.09 Å². The Morgan fingerprint density at radius 3 is 2.15 bits per heavy atom. The van der Waals surface area contributed by atoms with Gasteiger partial charge in [-0.25, -0.2) is 4.79 Å². The van der Waals surface area contributed by atoms with Crippen molar-refractivity contribution in [1.29, 1.82) is 0 Å². The van der Waals surface area contributed by atoms with Gasteiger partial charge in [0, 0.05) is 49.4 Å². The number of amides is 3. The van der Waals surface area contributed by atoms with E-state index in [0.717, 1.165) is 36.9 Å². The van der Waals surface area contributed by atoms with Gasteiger partial charge in [0.2, 0.25) is 0 Å². The lowest BCUT2D eigenvalue weighted by atomic mass is 9.91. The number of piperazine rings is 1. The molecule has 0 spiro atoms. The normalized spacial score (nSPS) is 18.9. The van der Waals surface area contributed by atoms with Crippen LogP contribution in [0.3, 0.4) is 0 Å². The van der Waals surface area contributed by atoms with Gasteiger partial charge in [0.15, 0.2) is 0 Å². The van der Waals surface area contributed by atoms with E-state index in [1.165, 1.54) is 0 Å². The highest BCUT2D eigenvalue weighted by Gasteiger charge is 2.26. The third-order valence-corrected chi connectivity index (χ3v) is 7.74. The van der Waals surface area contributed by atoms with Crippen LogP contribution in [-0.2, 0) is 11.3 Å². The van der Waals surface area contributed by atoms with Crippen LogP contribution in [0.4, 0.5) is 16.2 Å². The van der Waals surface area contributed by atoms with Crippen LogP contribution in [0.5, 0.6) is 0 Å². The predicted octanol–water partition coefficient (Wildman–Crippen LogP) is 4.40. The van der Waals surface area contributed by atoms with Gasteiger partial charge < -0.3 is 25.6 Å². The second-order valence-corrected chi connectivity index (χ2v) is 10.6. The molecule has 0 radical (unpaired) electrons. The fraction of sp³-hybridized carbons (Fsp3) is 0.344. The molecule has 0 aromatic heterocycles. The molecule has 3 aromatic rings. The Balaban J connectivity index is 1.29. The van der Waals surface area contributed by atoms with Gasteiger partial charge in [-0.3, -0.25) is 14.9 Å². The summed E-state index contributed by atoms with van der Waals surface area (Å²) < 4.78 is 5.47. The van der Waals surface area contributed by atoms with Gasteiger partial charge in [-0.15, -0.1) is 0 Å². The van der Waals surface area contributed by atoms with E-state index < -0.39 is 6.09 Å². The first-order valence-electron chi connectivity index (χ1n) is 14.2. The number of carbonyl (C=O) groups excluding carboxylic acids is 3. The predicted molar refractivity (Wildman–Crippen MR) is 159 cm³/mol. The molecule has 2 aliphatic rings. The van der Waals surface area contributed by atoms with Crippen LogP contribution >= 0.6 is 0 Å². The summed E-state index contributed by atoms with van der Waals surface area (Å²) in [4.78, 5) is 42.9. The zero-order chi connectivity index (χ0) is 28.6. The van der Waals surface area contributed by atoms with E-state index in [1.807, 2.05) is 71.6 Å². The number of benzene rings is 3. The van der Waals surface area contributed by atoms with Gasteiger partial charge in [-0.1, -0.05) is 48.5 Å². The Labute approximate surface area is 240 Å². The standard InChI is InChI=1S/C32H37N5O4/c33-26-12-14-27(15-13-26)34-30(38)25-11-16-29(28(21-25)35-32(40)41-22-23-7-3-1-4-8-23)36-17-19-37(20-18-36)31(39)24-9-5-2-6-10-24/h1-11,16,21,26-27H,12-15,17-20,22,33H2,(H,34,38)(H,35,40). The minimum atomic E-state index is -0.605. The number of anilines is 2. The zero-order valence-corrected chi connectivity index (χ0v) is 23.1. The number of ether oxygens (including phenoxy) is 1. The molecule has 2 fully saturated rings. The molecule has 5 rings (SSSR count). The third kappa shape index (κ3) is 7.43. The largest absolute Gasteiger partial charge is 0.444 e. The molecule has 0 bridgehead atoms. The lowest BCUT2D eigenvalue weighted by Crippen LogP contribution is -2.49. The highest BCUT2D eigenvalue weighted by atomic mass is 16.5. The second-order valence-electron chi connectivity index (χ2n) is 10.6. The van der Waals surface area contributed by atoms with Crippen molar-refractivity contribution in [1.82, 2.24) is 10.2 Å². The summed E-state index contributed by atoms with van der Waals surface area (Å²) in [5.41, 5.74) is 9.28. The minimum Gasteiger partial charge on any atom is -0.444 e. The van der Waals surface area contributed by atoms with Crippen molar-refractivity contribution >= 4 is 29.3 Å². The van der Waals surface area contributed by atoms with Crippen molar-refractivity contribution in [3.05, 3.63) is 95.6 Å². The zero-order valence-electron chi connectivity index (χ0n) is 23.1. The quantitative estimate of drug-likeness (QED) is 0.398. The molecular formula is C32H37N5O4. The molecule has 4 N–H and O–H groups in total. The van der Waals surface area contributed by atoms with Crippen LogP contribution in [0, 0.1) is 0 Å². The monoisotopic (exact) mass is 555 g/mol. The Morgan fingerprint density at radius 1 is 0.805 bits per heavy atom. The summed E-state index contributed by atoms with van der Waals surface area (Å²) in [7, 11) is 0. The molecule has 1 heterocycles. The second kappa shape index (κ2) is 13.3. The highest BCUT2D eigenvalue weighted by Crippen LogP contribution is 2.29. The Hall–Kier alpha value is -4.37. The van der Waals surface area contributed by atoms with Crippen molar-refractivity contribution < 1.29 is 19.1 Å². The van der Waals surface area contributed by atoms with Crippen LogP contribution in [0.25, 0.3) is 0 Å². The third-order valence-electron chi connectivity index (χ3n) is 7.74. The molecule has 3 aromatic carbocycles. The number of rotatable bonds is 7. The van der Waals surface area contributed by atoms with Gasteiger partial charge in [0.05, 0.1) is 11.4 Å². The summed E-state index contributed by atoms with van der Waals surface area (Å²) in [5.74, 6) is -0.181. The van der Waals surface area contributed by atoms with Crippen molar-refractivity contribution in [2.75, 3.05) is 36.4 Å². The van der Waals surface area contributed by atoms with Gasteiger partial charge in [-0.2, -0.15) is 0 Å². The van der Waals surface area contributed by atoms with Crippen LogP contribution in [0.1, 0.15) is 52.0 Å². The minimum absolute atomic E-state index is 0.00350. The lowest BCUT2D eigenvalue weighted by molar-refractivity contribution is 0.0746. The number of nitrogens with one attached hydrogen (secondary N) is 2. The number of carbonyl (C=O) groups is 3. The van der Waals surface area contributed by atoms with E-state index in [4.69, 9.17) is 10.5 Å². The molecule has 41 heavy (non-hydrogen) atoms. The summed E-state index contributed by atoms with van der Waals surface area (Å²) in [6.45, 7) is 2.38. The molecule has 3 amide bonds. The summed E-state index contributed by atoms with van der Waals surface area (Å²) in [5, 5.41) is 5.98. The number of nitrogens with two attached hydrogens (primary N) is 1. The Bertz CT molecular complexity index is 1330. The van der Waals surface area contributed by atoms with Gasteiger partial charge in [-0.05, 0) is 61.6 Å². The average Bonchev–Trinajstić information content (AvgIpc) is 3.02. The molecule has 1 saturated carbocycles. The lowest BCUT2D eigenvalue weighted by Gasteiger charge is -2.37. The molecule has 9 nitrogen and oxygen atoms in total. The Morgan fingerprint density at radius 2 is 1.46 bits per heavy atom. The highest BCUT2D eigenvalue weighted by molar-refractivity contribution is 5.99. The van der Waals surface area contributed by atoms with Gasteiger partial charge in [0.1, 0.15) is 6.61 Å². The van der Waals surface area contributed by atoms with Crippen molar-refractivity contribution in [3.8, 4) is 0 Å². The maximum atomic E-state index is 13.1. The van der Waals surface area contributed by atoms with Crippen molar-refractivity contribution in [2.45, 2.75) is 44.4 Å². The molecule has 1 aliphatic carbocycles. The molecule has 214 valence electrons. The summed E-state index contributed by atoms with van der Waals surface area (Å²) in [6.07, 6.45) is 2.89. The fourth-order valence-corrected chi connectivity index (χ4v) is 5.37. The van der Waals surface area contributed by atoms with E-state index in [1.54, 1.807) is 12.1 Å². The average molecular weight is 556 g/mol. The van der Waals surface area contributed by atoms with E-state index in [2.05, 4.69) is 15.5 Å². The maximum Gasteiger partial charge on any atom is 0.412 e. The molecule has 1 saturated heterocycles. The van der Waals surface area contributed by atoms with Crippen molar-refractivity contribution in [3.63, 3.8) is 0 Å². The summed E-state index contributed by atoms with van der Waals surface area (Å²) in [6, 6.07) is 24.3. The Kier molecular flexibility index (Phi) is 9.15. The van der Waals surface area contributed by atoms with E-state index >= 15 is 0 Å². The number of hydrogen-bond acceptors (Lipinski definition) is 6. The molecule has 1 aliphatic heterocycles. The smallest absolute Gasteiger partial charge is 0.412 e. The fourth-order valence-electron chi connectivity index (χ4n) is 5.37. The molecule has 9 heteroatoms. The van der Waals surface area contributed by atoms with Gasteiger partial charge in [0.25, 0.3) is 11.8 Å². The molecular weight excluding hydrogens is 518 g/mol. The first-order chi connectivity index (χ1) is 20.0. The van der Waals surface area contributed by atoms with E-state index in [0.29, 0.717) is 43.0 Å². The SMILES string of the molecule is NC1CCC(NC(=O)c2ccc(N3CCN(C(=O)c4ccccc4)CC3)c(NC(=O)OCc3ccccc3)c2)CC1. The topological polar surface area (TPSA) is 117 Å². The number of nitrogens with zero attached hydrogens (tertiary/aromatic N) is 2. The molecule has 0 atom stereocenters. The van der Waals surface area contributed by atoms with E-state index in [9.17, 15) is 14.4 Å². The molecule has 0 unspecified atom stereocenters. The first-order valence-corrected chi connectivity index (χ1v) is 14.2. The van der Waals surface area contributed by atoms with Crippen LogP contribution < -0.4 is 21.3 Å².